The molecule has 0 atom stereocenters. The predicted molar refractivity (Wildman–Crippen MR) is 94.7 cm³/mol. The predicted octanol–water partition coefficient (Wildman–Crippen LogP) is 3.88. The second-order valence-corrected chi connectivity index (χ2v) is 7.25. The van der Waals surface area contributed by atoms with Crippen LogP contribution in [0.3, 0.4) is 0 Å². The second kappa shape index (κ2) is 8.07. The van der Waals surface area contributed by atoms with Crippen molar-refractivity contribution in [2.45, 2.75) is 18.4 Å². The van der Waals surface area contributed by atoms with Gasteiger partial charge in [0.05, 0.1) is 18.7 Å². The van der Waals surface area contributed by atoms with Crippen LogP contribution < -0.4 is 14.2 Å². The van der Waals surface area contributed by atoms with Crippen molar-refractivity contribution in [1.82, 2.24) is 4.72 Å². The molecule has 0 aromatic heterocycles. The van der Waals surface area contributed by atoms with Crippen molar-refractivity contribution in [3.63, 3.8) is 0 Å². The summed E-state index contributed by atoms with van der Waals surface area (Å²) in [6, 6.07) is 10.0. The van der Waals surface area contributed by atoms with Crippen molar-refractivity contribution in [2.24, 2.45) is 0 Å². The second-order valence-electron chi connectivity index (χ2n) is 4.76. The Bertz CT molecular complexity index is 825. The van der Waals surface area contributed by atoms with E-state index >= 15 is 0 Å². The van der Waals surface area contributed by atoms with E-state index in [4.69, 9.17) is 32.7 Å². The number of methoxy groups -OCH3 is 1. The van der Waals surface area contributed by atoms with E-state index in [1.54, 1.807) is 12.1 Å². The van der Waals surface area contributed by atoms with Gasteiger partial charge in [0, 0.05) is 12.1 Å². The number of benzene rings is 2. The van der Waals surface area contributed by atoms with Gasteiger partial charge in [-0.1, -0.05) is 41.4 Å². The molecule has 0 radical (unpaired) electrons. The zero-order valence-electron chi connectivity index (χ0n) is 13.2. The number of hydrogen-bond acceptors (Lipinski definition) is 4. The van der Waals surface area contributed by atoms with Crippen molar-refractivity contribution in [2.75, 3.05) is 13.7 Å². The topological polar surface area (TPSA) is 64.6 Å². The minimum atomic E-state index is -3.85. The lowest BCUT2D eigenvalue weighted by Crippen LogP contribution is -2.24. The number of sulfonamides is 1. The van der Waals surface area contributed by atoms with Crippen LogP contribution in [0.15, 0.2) is 41.3 Å². The quantitative estimate of drug-likeness (QED) is 0.780. The number of para-hydroxylation sites is 1. The van der Waals surface area contributed by atoms with E-state index in [1.807, 2.05) is 19.1 Å². The molecule has 0 bridgehead atoms. The fourth-order valence-corrected chi connectivity index (χ4v) is 3.92. The standard InChI is InChI=1S/C16H17Cl2NO4S/c1-3-23-12-7-5-4-6-11(12)10-19-24(20,21)14-9-8-13(22-2)15(17)16(14)18/h4-9,19H,3,10H2,1-2H3. The molecule has 8 heteroatoms. The largest absolute Gasteiger partial charge is 0.495 e. The molecule has 5 nitrogen and oxygen atoms in total. The van der Waals surface area contributed by atoms with Crippen molar-refractivity contribution < 1.29 is 17.9 Å². The first-order valence-electron chi connectivity index (χ1n) is 7.13. The summed E-state index contributed by atoms with van der Waals surface area (Å²) in [4.78, 5) is -0.108. The van der Waals surface area contributed by atoms with Crippen molar-refractivity contribution in [3.05, 3.63) is 52.0 Å². The summed E-state index contributed by atoms with van der Waals surface area (Å²) in [5.41, 5.74) is 0.721. The van der Waals surface area contributed by atoms with E-state index in [2.05, 4.69) is 4.72 Å². The Labute approximate surface area is 151 Å². The van der Waals surface area contributed by atoms with Gasteiger partial charge >= 0.3 is 0 Å². The smallest absolute Gasteiger partial charge is 0.242 e. The first-order chi connectivity index (χ1) is 11.4. The Kier molecular flexibility index (Phi) is 6.34. The summed E-state index contributed by atoms with van der Waals surface area (Å²) in [6.45, 7) is 2.42. The molecule has 2 rings (SSSR count). The van der Waals surface area contributed by atoms with Crippen LogP contribution in [0.4, 0.5) is 0 Å². The highest BCUT2D eigenvalue weighted by Gasteiger charge is 2.22. The van der Waals surface area contributed by atoms with Crippen LogP contribution in [0.25, 0.3) is 0 Å². The van der Waals surface area contributed by atoms with Gasteiger partial charge in [0.25, 0.3) is 0 Å². The number of rotatable bonds is 7. The van der Waals surface area contributed by atoms with Gasteiger partial charge in [0.1, 0.15) is 21.4 Å². The molecular weight excluding hydrogens is 373 g/mol. The molecule has 0 saturated carbocycles. The summed E-state index contributed by atoms with van der Waals surface area (Å²) >= 11 is 12.1. The van der Waals surface area contributed by atoms with E-state index in [-0.39, 0.29) is 21.5 Å². The number of hydrogen-bond donors (Lipinski definition) is 1. The Morgan fingerprint density at radius 2 is 1.75 bits per heavy atom. The minimum absolute atomic E-state index is 0.0526. The van der Waals surface area contributed by atoms with Gasteiger partial charge in [-0.05, 0) is 25.1 Å². The zero-order chi connectivity index (χ0) is 17.7. The lowest BCUT2D eigenvalue weighted by molar-refractivity contribution is 0.336. The summed E-state index contributed by atoms with van der Waals surface area (Å²) in [6.07, 6.45) is 0. The summed E-state index contributed by atoms with van der Waals surface area (Å²) in [7, 11) is -2.42. The highest BCUT2D eigenvalue weighted by molar-refractivity contribution is 7.89. The molecule has 0 heterocycles. The summed E-state index contributed by atoms with van der Waals surface area (Å²) in [5, 5.41) is -0.0293. The van der Waals surface area contributed by atoms with Crippen LogP contribution in [0.1, 0.15) is 12.5 Å². The third-order valence-corrected chi connectivity index (χ3v) is 5.67. The van der Waals surface area contributed by atoms with Crippen molar-refractivity contribution in [3.8, 4) is 11.5 Å². The van der Waals surface area contributed by atoms with Crippen LogP contribution in [0, 0.1) is 0 Å². The van der Waals surface area contributed by atoms with E-state index in [1.165, 1.54) is 19.2 Å². The molecule has 24 heavy (non-hydrogen) atoms. The van der Waals surface area contributed by atoms with Gasteiger partial charge in [-0.15, -0.1) is 0 Å². The first kappa shape index (κ1) is 18.9. The van der Waals surface area contributed by atoms with E-state index in [0.717, 1.165) is 5.56 Å². The lowest BCUT2D eigenvalue weighted by Gasteiger charge is -2.13. The van der Waals surface area contributed by atoms with E-state index in [0.29, 0.717) is 18.1 Å². The summed E-state index contributed by atoms with van der Waals surface area (Å²) in [5.74, 6) is 0.934. The zero-order valence-corrected chi connectivity index (χ0v) is 15.5. The molecule has 0 aliphatic rings. The van der Waals surface area contributed by atoms with E-state index in [9.17, 15) is 8.42 Å². The lowest BCUT2D eigenvalue weighted by atomic mass is 10.2. The summed E-state index contributed by atoms with van der Waals surface area (Å²) < 4.78 is 38.0. The van der Waals surface area contributed by atoms with E-state index < -0.39 is 10.0 Å². The van der Waals surface area contributed by atoms with Gasteiger partial charge < -0.3 is 9.47 Å². The van der Waals surface area contributed by atoms with Crippen LogP contribution in [0.2, 0.25) is 10.0 Å². The molecule has 0 spiro atoms. The maximum atomic E-state index is 12.5. The Balaban J connectivity index is 2.26. The number of ether oxygens (including phenoxy) is 2. The van der Waals surface area contributed by atoms with Gasteiger partial charge in [-0.3, -0.25) is 0 Å². The van der Waals surface area contributed by atoms with Crippen LogP contribution in [-0.2, 0) is 16.6 Å². The monoisotopic (exact) mass is 389 g/mol. The molecule has 0 amide bonds. The third kappa shape index (κ3) is 4.13. The van der Waals surface area contributed by atoms with Crippen molar-refractivity contribution in [1.29, 1.82) is 0 Å². The highest BCUT2D eigenvalue weighted by Crippen LogP contribution is 2.36. The molecule has 2 aromatic carbocycles. The van der Waals surface area contributed by atoms with Crippen LogP contribution >= 0.6 is 23.2 Å². The Morgan fingerprint density at radius 3 is 2.42 bits per heavy atom. The minimum Gasteiger partial charge on any atom is -0.495 e. The average molecular weight is 390 g/mol. The van der Waals surface area contributed by atoms with Gasteiger partial charge in [-0.25, -0.2) is 13.1 Å². The van der Waals surface area contributed by atoms with Gasteiger partial charge in [-0.2, -0.15) is 0 Å². The highest BCUT2D eigenvalue weighted by atomic mass is 35.5. The molecular formula is C16H17Cl2NO4S. The van der Waals surface area contributed by atoms with Crippen LogP contribution in [-0.4, -0.2) is 22.1 Å². The molecule has 130 valence electrons. The molecule has 0 aliphatic carbocycles. The Morgan fingerprint density at radius 1 is 1.04 bits per heavy atom. The molecule has 0 unspecified atom stereocenters. The number of nitrogens with one attached hydrogen (secondary N) is 1. The molecule has 0 saturated heterocycles. The number of halogens is 2. The molecule has 0 fully saturated rings. The Hall–Kier alpha value is -1.47. The maximum absolute atomic E-state index is 12.5. The fourth-order valence-electron chi connectivity index (χ4n) is 2.08. The SMILES string of the molecule is CCOc1ccccc1CNS(=O)(=O)c1ccc(OC)c(Cl)c1Cl. The first-order valence-corrected chi connectivity index (χ1v) is 9.37. The fraction of sp³-hybridized carbons (Fsp3) is 0.250. The third-order valence-electron chi connectivity index (χ3n) is 3.25. The van der Waals surface area contributed by atoms with Crippen molar-refractivity contribution >= 4 is 33.2 Å². The van der Waals surface area contributed by atoms with Gasteiger partial charge in [0.2, 0.25) is 10.0 Å². The normalized spacial score (nSPS) is 11.3. The molecule has 0 aliphatic heterocycles. The van der Waals surface area contributed by atoms with Gasteiger partial charge in [0.15, 0.2) is 0 Å². The molecule has 2 aromatic rings. The average Bonchev–Trinajstić information content (AvgIpc) is 2.56. The maximum Gasteiger partial charge on any atom is 0.242 e. The van der Waals surface area contributed by atoms with Crippen LogP contribution in [0.5, 0.6) is 11.5 Å². The molecule has 1 N–H and O–H groups in total.